The van der Waals surface area contributed by atoms with Gasteiger partial charge in [-0.15, -0.1) is 0 Å². The monoisotopic (exact) mass is 322 g/mol. The molecule has 2 aliphatic heterocycles. The Hall–Kier alpha value is -1.26. The molecule has 120 valence electrons. The van der Waals surface area contributed by atoms with E-state index in [4.69, 9.17) is 11.6 Å². The highest BCUT2D eigenvalue weighted by Gasteiger charge is 2.39. The number of phenolic OH excluding ortho intramolecular Hbond substituents is 1. The van der Waals surface area contributed by atoms with Crippen LogP contribution in [0.2, 0.25) is 5.02 Å². The number of hydrogen-bond acceptors (Lipinski definition) is 3. The summed E-state index contributed by atoms with van der Waals surface area (Å²) in [5, 5.41) is 9.73. The van der Waals surface area contributed by atoms with Crippen molar-refractivity contribution in [3.05, 3.63) is 28.8 Å². The molecular weight excluding hydrogens is 300 g/mol. The van der Waals surface area contributed by atoms with Crippen molar-refractivity contribution in [2.75, 3.05) is 13.1 Å². The molecule has 0 radical (unpaired) electrons. The van der Waals surface area contributed by atoms with Gasteiger partial charge in [0.1, 0.15) is 5.75 Å². The number of benzene rings is 1. The molecule has 2 aliphatic rings. The lowest BCUT2D eigenvalue weighted by atomic mass is 10.1. The van der Waals surface area contributed by atoms with Crippen molar-refractivity contribution in [3.63, 3.8) is 0 Å². The van der Waals surface area contributed by atoms with E-state index in [1.807, 2.05) is 4.90 Å². The number of aromatic hydroxyl groups is 1. The summed E-state index contributed by atoms with van der Waals surface area (Å²) in [4.78, 5) is 17.3. The zero-order valence-electron chi connectivity index (χ0n) is 13.1. The third kappa shape index (κ3) is 2.82. The number of fused-ring (bicyclic) bond motifs is 2. The number of hydrogen-bond donors (Lipinski definition) is 1. The number of phenols is 1. The zero-order chi connectivity index (χ0) is 15.9. The Balaban J connectivity index is 1.78. The first-order chi connectivity index (χ1) is 10.5. The third-order valence-electron chi connectivity index (χ3n) is 4.92. The van der Waals surface area contributed by atoms with Gasteiger partial charge < -0.3 is 10.0 Å². The molecular formula is C17H23ClN2O2. The van der Waals surface area contributed by atoms with Crippen LogP contribution in [0.5, 0.6) is 5.75 Å². The smallest absolute Gasteiger partial charge is 0.253 e. The van der Waals surface area contributed by atoms with Crippen LogP contribution in [0.3, 0.4) is 0 Å². The van der Waals surface area contributed by atoms with Crippen molar-refractivity contribution < 1.29 is 9.90 Å². The molecule has 4 nitrogen and oxygen atoms in total. The number of nitrogens with zero attached hydrogens (tertiary/aromatic N) is 2. The van der Waals surface area contributed by atoms with Gasteiger partial charge in [0.15, 0.2) is 0 Å². The molecule has 0 unspecified atom stereocenters. The Kier molecular flexibility index (Phi) is 4.33. The molecule has 1 aromatic rings. The summed E-state index contributed by atoms with van der Waals surface area (Å²) in [6.45, 7) is 6.05. The largest absolute Gasteiger partial charge is 0.506 e. The van der Waals surface area contributed by atoms with Crippen molar-refractivity contribution in [3.8, 4) is 5.75 Å². The van der Waals surface area contributed by atoms with Crippen LogP contribution < -0.4 is 0 Å². The predicted molar refractivity (Wildman–Crippen MR) is 87.4 cm³/mol. The van der Waals surface area contributed by atoms with Crippen LogP contribution in [0, 0.1) is 0 Å². The van der Waals surface area contributed by atoms with Crippen LogP contribution in [-0.2, 0) is 0 Å². The summed E-state index contributed by atoms with van der Waals surface area (Å²) >= 11 is 5.93. The van der Waals surface area contributed by atoms with E-state index in [-0.39, 0.29) is 16.7 Å². The van der Waals surface area contributed by atoms with Gasteiger partial charge in [0.25, 0.3) is 5.91 Å². The minimum Gasteiger partial charge on any atom is -0.506 e. The summed E-state index contributed by atoms with van der Waals surface area (Å²) in [6.07, 6.45) is 3.45. The first-order valence-electron chi connectivity index (χ1n) is 8.02. The van der Waals surface area contributed by atoms with E-state index < -0.39 is 0 Å². The van der Waals surface area contributed by atoms with Crippen LogP contribution in [0.1, 0.15) is 43.5 Å². The van der Waals surface area contributed by atoms with Crippen molar-refractivity contribution in [1.29, 1.82) is 0 Å². The Morgan fingerprint density at radius 1 is 1.27 bits per heavy atom. The molecule has 0 aliphatic carbocycles. The summed E-state index contributed by atoms with van der Waals surface area (Å²) in [5.74, 6) is 0.0253. The molecule has 2 heterocycles. The fourth-order valence-corrected chi connectivity index (χ4v) is 4.14. The van der Waals surface area contributed by atoms with Crippen molar-refractivity contribution in [2.45, 2.75) is 51.2 Å². The molecule has 0 spiro atoms. The van der Waals surface area contributed by atoms with Crippen LogP contribution in [-0.4, -0.2) is 52.0 Å². The minimum absolute atomic E-state index is 0.0122. The fraction of sp³-hybridized carbons (Fsp3) is 0.588. The number of amides is 1. The SMILES string of the molecule is CC(C)N1[C@H]2CC[C@H]1CN(C(=O)c1ccc(O)c(Cl)c1)CC2. The predicted octanol–water partition coefficient (Wildman–Crippen LogP) is 3.13. The van der Waals surface area contributed by atoms with Gasteiger partial charge in [-0.3, -0.25) is 9.69 Å². The van der Waals surface area contributed by atoms with Crippen molar-refractivity contribution >= 4 is 17.5 Å². The highest BCUT2D eigenvalue weighted by molar-refractivity contribution is 6.32. The lowest BCUT2D eigenvalue weighted by Gasteiger charge is -2.32. The van der Waals surface area contributed by atoms with Gasteiger partial charge in [0, 0.05) is 36.8 Å². The molecule has 2 atom stereocenters. The maximum Gasteiger partial charge on any atom is 0.253 e. The zero-order valence-corrected chi connectivity index (χ0v) is 13.9. The second kappa shape index (κ2) is 6.09. The van der Waals surface area contributed by atoms with E-state index in [0.717, 1.165) is 19.5 Å². The van der Waals surface area contributed by atoms with Crippen LogP contribution in [0.15, 0.2) is 18.2 Å². The Morgan fingerprint density at radius 3 is 2.68 bits per heavy atom. The molecule has 1 N–H and O–H groups in total. The first-order valence-corrected chi connectivity index (χ1v) is 8.40. The van der Waals surface area contributed by atoms with Gasteiger partial charge in [-0.05, 0) is 51.3 Å². The van der Waals surface area contributed by atoms with E-state index in [0.29, 0.717) is 23.7 Å². The number of carbonyl (C=O) groups excluding carboxylic acids is 1. The van der Waals surface area contributed by atoms with Gasteiger partial charge >= 0.3 is 0 Å². The molecule has 5 heteroatoms. The van der Waals surface area contributed by atoms with E-state index in [1.165, 1.54) is 18.9 Å². The molecule has 3 rings (SSSR count). The summed E-state index contributed by atoms with van der Waals surface area (Å²) in [5.41, 5.74) is 0.552. The number of halogens is 1. The standard InChI is InChI=1S/C17H23ClN2O2/c1-11(2)20-13-4-5-14(20)10-19(8-7-13)17(22)12-3-6-16(21)15(18)9-12/h3,6,9,11,13-14,21H,4-5,7-8,10H2,1-2H3/t13-,14-/m0/s1. The molecule has 2 saturated heterocycles. The topological polar surface area (TPSA) is 43.8 Å². The lowest BCUT2D eigenvalue weighted by Crippen LogP contribution is -2.44. The van der Waals surface area contributed by atoms with Gasteiger partial charge in [-0.25, -0.2) is 0 Å². The van der Waals surface area contributed by atoms with Gasteiger partial charge in [0.2, 0.25) is 0 Å². The highest BCUT2D eigenvalue weighted by atomic mass is 35.5. The van der Waals surface area contributed by atoms with Gasteiger partial charge in [0.05, 0.1) is 5.02 Å². The van der Waals surface area contributed by atoms with E-state index in [1.54, 1.807) is 12.1 Å². The molecule has 1 aromatic carbocycles. The number of carbonyl (C=O) groups is 1. The molecule has 2 fully saturated rings. The van der Waals surface area contributed by atoms with Crippen LogP contribution in [0.25, 0.3) is 0 Å². The quantitative estimate of drug-likeness (QED) is 0.909. The first kappa shape index (κ1) is 15.6. The normalized spacial score (nSPS) is 25.5. The molecule has 0 saturated carbocycles. The molecule has 22 heavy (non-hydrogen) atoms. The molecule has 0 aromatic heterocycles. The van der Waals surface area contributed by atoms with Crippen molar-refractivity contribution in [1.82, 2.24) is 9.80 Å². The fourth-order valence-electron chi connectivity index (χ4n) is 3.96. The van der Waals surface area contributed by atoms with Gasteiger partial charge in [-0.2, -0.15) is 0 Å². The van der Waals surface area contributed by atoms with E-state index >= 15 is 0 Å². The van der Waals surface area contributed by atoms with Crippen LogP contribution >= 0.6 is 11.6 Å². The molecule has 2 bridgehead atoms. The van der Waals surface area contributed by atoms with Crippen LogP contribution in [0.4, 0.5) is 0 Å². The number of likely N-dealkylation sites (tertiary alicyclic amines) is 1. The average Bonchev–Trinajstić information content (AvgIpc) is 2.76. The van der Waals surface area contributed by atoms with E-state index in [2.05, 4.69) is 18.7 Å². The number of rotatable bonds is 2. The summed E-state index contributed by atoms with van der Waals surface area (Å²) in [6, 6.07) is 6.28. The van der Waals surface area contributed by atoms with E-state index in [9.17, 15) is 9.90 Å². The second-order valence-corrected chi connectivity index (χ2v) is 7.04. The Labute approximate surface area is 136 Å². The third-order valence-corrected chi connectivity index (χ3v) is 5.22. The Morgan fingerprint density at radius 2 is 2.00 bits per heavy atom. The maximum absolute atomic E-state index is 12.7. The average molecular weight is 323 g/mol. The second-order valence-electron chi connectivity index (χ2n) is 6.63. The maximum atomic E-state index is 12.7. The molecule has 1 amide bonds. The Bertz CT molecular complexity index is 576. The highest BCUT2D eigenvalue weighted by Crippen LogP contribution is 2.33. The summed E-state index contributed by atoms with van der Waals surface area (Å²) in [7, 11) is 0. The minimum atomic E-state index is 0.0122. The summed E-state index contributed by atoms with van der Waals surface area (Å²) < 4.78 is 0. The van der Waals surface area contributed by atoms with Gasteiger partial charge in [-0.1, -0.05) is 11.6 Å². The lowest BCUT2D eigenvalue weighted by molar-refractivity contribution is 0.0728. The van der Waals surface area contributed by atoms with Crippen molar-refractivity contribution in [2.24, 2.45) is 0 Å².